The van der Waals surface area contributed by atoms with E-state index in [0.29, 0.717) is 0 Å². The van der Waals surface area contributed by atoms with Gasteiger partial charge in [-0.15, -0.1) is 0 Å². The molecule has 1 amide bonds. The van der Waals surface area contributed by atoms with Gasteiger partial charge < -0.3 is 10.1 Å². The number of hydrogen-bond acceptors (Lipinski definition) is 4. The quantitative estimate of drug-likeness (QED) is 0.671. The van der Waals surface area contributed by atoms with E-state index in [9.17, 15) is 4.79 Å². The van der Waals surface area contributed by atoms with Crippen LogP contribution in [0.15, 0.2) is 29.3 Å². The zero-order valence-electron chi connectivity index (χ0n) is 11.6. The average molecular weight is 278 g/mol. The third kappa shape index (κ3) is 5.64. The molecular formula is C14H18N2O2S. The highest BCUT2D eigenvalue weighted by atomic mass is 32.1. The molecule has 1 unspecified atom stereocenters. The van der Waals surface area contributed by atoms with Gasteiger partial charge in [-0.25, -0.2) is 4.79 Å². The normalized spacial score (nSPS) is 12.2. The molecule has 0 saturated carbocycles. The number of isothiocyanates is 1. The monoisotopic (exact) mass is 278 g/mol. The Bertz CT molecular complexity index is 485. The summed E-state index contributed by atoms with van der Waals surface area (Å²) >= 11 is 4.54. The van der Waals surface area contributed by atoms with Crippen LogP contribution >= 0.6 is 12.2 Å². The number of alkyl carbamates (subject to hydrolysis) is 1. The number of amides is 1. The average Bonchev–Trinajstić information content (AvgIpc) is 2.27. The highest BCUT2D eigenvalue weighted by Gasteiger charge is 2.18. The van der Waals surface area contributed by atoms with Crippen LogP contribution in [0.4, 0.5) is 10.5 Å². The highest BCUT2D eigenvalue weighted by molar-refractivity contribution is 7.78. The molecule has 5 heteroatoms. The van der Waals surface area contributed by atoms with E-state index < -0.39 is 11.7 Å². The number of benzene rings is 1. The van der Waals surface area contributed by atoms with E-state index in [1.54, 1.807) is 0 Å². The van der Waals surface area contributed by atoms with Crippen molar-refractivity contribution in [2.24, 2.45) is 4.99 Å². The van der Waals surface area contributed by atoms with Crippen molar-refractivity contribution in [2.45, 2.75) is 39.3 Å². The Balaban J connectivity index is 2.65. The van der Waals surface area contributed by atoms with Crippen LogP contribution < -0.4 is 5.32 Å². The fourth-order valence-electron chi connectivity index (χ4n) is 1.46. The van der Waals surface area contributed by atoms with Crippen molar-refractivity contribution < 1.29 is 9.53 Å². The first-order valence-electron chi connectivity index (χ1n) is 5.99. The summed E-state index contributed by atoms with van der Waals surface area (Å²) in [7, 11) is 0. The molecule has 19 heavy (non-hydrogen) atoms. The molecular weight excluding hydrogens is 260 g/mol. The van der Waals surface area contributed by atoms with Gasteiger partial charge >= 0.3 is 6.09 Å². The molecule has 1 atom stereocenters. The van der Waals surface area contributed by atoms with Crippen LogP contribution in [0.3, 0.4) is 0 Å². The number of aliphatic imine (C=N–C) groups is 1. The summed E-state index contributed by atoms with van der Waals surface area (Å²) in [4.78, 5) is 15.5. The van der Waals surface area contributed by atoms with Gasteiger partial charge in [0.2, 0.25) is 0 Å². The number of nitrogens with zero attached hydrogens (tertiary/aromatic N) is 1. The van der Waals surface area contributed by atoms with Gasteiger partial charge in [-0.05, 0) is 57.6 Å². The van der Waals surface area contributed by atoms with Gasteiger partial charge in [0, 0.05) is 0 Å². The second-order valence-corrected chi connectivity index (χ2v) is 5.35. The summed E-state index contributed by atoms with van der Waals surface area (Å²) < 4.78 is 5.20. The molecule has 0 aliphatic rings. The van der Waals surface area contributed by atoms with Crippen molar-refractivity contribution in [2.75, 3.05) is 0 Å². The Morgan fingerprint density at radius 2 is 1.95 bits per heavy atom. The van der Waals surface area contributed by atoms with Crippen molar-refractivity contribution in [3.05, 3.63) is 29.8 Å². The van der Waals surface area contributed by atoms with E-state index in [-0.39, 0.29) is 6.04 Å². The molecule has 102 valence electrons. The Hall–Kier alpha value is -1.71. The minimum Gasteiger partial charge on any atom is -0.444 e. The summed E-state index contributed by atoms with van der Waals surface area (Å²) in [5.41, 5.74) is 1.21. The molecule has 1 aromatic rings. The third-order valence-electron chi connectivity index (χ3n) is 2.30. The van der Waals surface area contributed by atoms with E-state index in [1.165, 1.54) is 0 Å². The molecule has 1 N–H and O–H groups in total. The molecule has 0 spiro atoms. The van der Waals surface area contributed by atoms with Gasteiger partial charge in [-0.2, -0.15) is 4.99 Å². The van der Waals surface area contributed by atoms with Crippen LogP contribution in [0, 0.1) is 0 Å². The van der Waals surface area contributed by atoms with E-state index in [4.69, 9.17) is 4.74 Å². The highest BCUT2D eigenvalue weighted by Crippen LogP contribution is 2.18. The summed E-state index contributed by atoms with van der Waals surface area (Å²) in [6.45, 7) is 7.38. The van der Waals surface area contributed by atoms with Crippen LogP contribution in [0.5, 0.6) is 0 Å². The fourth-order valence-corrected chi connectivity index (χ4v) is 1.56. The predicted molar refractivity (Wildman–Crippen MR) is 78.9 cm³/mol. The first kappa shape index (κ1) is 15.3. The number of carbonyl (C=O) groups excluding carboxylic acids is 1. The van der Waals surface area contributed by atoms with Crippen molar-refractivity contribution in [1.29, 1.82) is 0 Å². The maximum atomic E-state index is 11.6. The number of nitrogens with one attached hydrogen (secondary N) is 1. The molecule has 1 rings (SSSR count). The van der Waals surface area contributed by atoms with Crippen LogP contribution in [0.2, 0.25) is 0 Å². The molecule has 0 aromatic heterocycles. The molecule has 1 aromatic carbocycles. The van der Waals surface area contributed by atoms with Crippen molar-refractivity contribution in [3.8, 4) is 0 Å². The van der Waals surface area contributed by atoms with Gasteiger partial charge in [-0.1, -0.05) is 12.1 Å². The van der Waals surface area contributed by atoms with Crippen LogP contribution in [-0.4, -0.2) is 16.9 Å². The Labute approximate surface area is 118 Å². The maximum absolute atomic E-state index is 11.6. The molecule has 0 heterocycles. The number of rotatable bonds is 3. The van der Waals surface area contributed by atoms with Gasteiger partial charge in [0.05, 0.1) is 16.9 Å². The molecule has 4 nitrogen and oxygen atoms in total. The van der Waals surface area contributed by atoms with Crippen molar-refractivity contribution in [1.82, 2.24) is 5.32 Å². The molecule has 0 fully saturated rings. The molecule has 0 bridgehead atoms. The standard InChI is InChI=1S/C14H18N2O2S/c1-10(16-13(17)18-14(2,3)4)11-5-7-12(8-6-11)15-9-19/h5-8,10H,1-4H3,(H,16,17). The smallest absolute Gasteiger partial charge is 0.408 e. The third-order valence-corrected chi connectivity index (χ3v) is 2.39. The Morgan fingerprint density at radius 1 is 1.37 bits per heavy atom. The number of ether oxygens (including phenoxy) is 1. The summed E-state index contributed by atoms with van der Waals surface area (Å²) in [6, 6.07) is 7.27. The lowest BCUT2D eigenvalue weighted by Gasteiger charge is -2.22. The zero-order valence-corrected chi connectivity index (χ0v) is 12.4. The second-order valence-electron chi connectivity index (χ2n) is 5.16. The minimum absolute atomic E-state index is 0.139. The number of hydrogen-bond donors (Lipinski definition) is 1. The van der Waals surface area contributed by atoms with E-state index in [2.05, 4.69) is 27.7 Å². The Morgan fingerprint density at radius 3 is 2.42 bits per heavy atom. The van der Waals surface area contributed by atoms with Gasteiger partial charge in [0.25, 0.3) is 0 Å². The van der Waals surface area contributed by atoms with Gasteiger partial charge in [0.1, 0.15) is 5.60 Å². The van der Waals surface area contributed by atoms with Crippen molar-refractivity contribution >= 4 is 29.2 Å². The minimum atomic E-state index is -0.498. The molecule has 0 saturated heterocycles. The van der Waals surface area contributed by atoms with Crippen LogP contribution in [0.1, 0.15) is 39.3 Å². The number of thiocarbonyl (C=S) groups is 1. The Kier molecular flexibility index (Phi) is 5.21. The van der Waals surface area contributed by atoms with Gasteiger partial charge in [0.15, 0.2) is 0 Å². The first-order valence-corrected chi connectivity index (χ1v) is 6.40. The van der Waals surface area contributed by atoms with Crippen molar-refractivity contribution in [3.63, 3.8) is 0 Å². The van der Waals surface area contributed by atoms with E-state index in [0.717, 1.165) is 11.3 Å². The lowest BCUT2D eigenvalue weighted by molar-refractivity contribution is 0.0508. The van der Waals surface area contributed by atoms with Crippen LogP contribution in [0.25, 0.3) is 0 Å². The molecule has 0 aliphatic carbocycles. The first-order chi connectivity index (χ1) is 8.81. The molecule has 0 aliphatic heterocycles. The molecule has 0 radical (unpaired) electrons. The predicted octanol–water partition coefficient (Wildman–Crippen LogP) is 4.01. The fraction of sp³-hybridized carbons (Fsp3) is 0.429. The summed E-state index contributed by atoms with van der Waals surface area (Å²) in [6.07, 6.45) is -0.430. The summed E-state index contributed by atoms with van der Waals surface area (Å²) in [5.74, 6) is 0. The maximum Gasteiger partial charge on any atom is 0.408 e. The second kappa shape index (κ2) is 6.45. The lowest BCUT2D eigenvalue weighted by atomic mass is 10.1. The van der Waals surface area contributed by atoms with E-state index in [1.807, 2.05) is 52.0 Å². The SMILES string of the molecule is CC(NC(=O)OC(C)(C)C)c1ccc(N=C=S)cc1. The largest absolute Gasteiger partial charge is 0.444 e. The van der Waals surface area contributed by atoms with Crippen LogP contribution in [-0.2, 0) is 4.74 Å². The number of carbonyl (C=O) groups is 1. The topological polar surface area (TPSA) is 50.7 Å². The summed E-state index contributed by atoms with van der Waals surface area (Å²) in [5, 5.41) is 5.09. The van der Waals surface area contributed by atoms with Gasteiger partial charge in [-0.3, -0.25) is 0 Å². The zero-order chi connectivity index (χ0) is 14.5. The van der Waals surface area contributed by atoms with E-state index >= 15 is 0 Å². The lowest BCUT2D eigenvalue weighted by Crippen LogP contribution is -2.33.